The van der Waals surface area contributed by atoms with Crippen LogP contribution in [-0.4, -0.2) is 42.6 Å². The highest BCUT2D eigenvalue weighted by molar-refractivity contribution is 7.91. The second-order valence-corrected chi connectivity index (χ2v) is 6.79. The highest BCUT2D eigenvalue weighted by atomic mass is 32.2. The van der Waals surface area contributed by atoms with Crippen LogP contribution in [0.15, 0.2) is 4.52 Å². The molecular formula is C11H16N2O5S. The minimum atomic E-state index is -2.99. The number of hydrogen-bond donors (Lipinski definition) is 0. The Morgan fingerprint density at radius 3 is 2.89 bits per heavy atom. The third kappa shape index (κ3) is 3.12. The molecule has 1 saturated heterocycles. The lowest BCUT2D eigenvalue weighted by atomic mass is 10.1. The van der Waals surface area contributed by atoms with Crippen LogP contribution in [0.5, 0.6) is 0 Å². The van der Waals surface area contributed by atoms with Gasteiger partial charge in [-0.05, 0) is 20.3 Å². The first kappa shape index (κ1) is 14.0. The van der Waals surface area contributed by atoms with Gasteiger partial charge >= 0.3 is 5.97 Å². The van der Waals surface area contributed by atoms with E-state index in [4.69, 9.17) is 9.26 Å². The third-order valence-corrected chi connectivity index (χ3v) is 4.83. The van der Waals surface area contributed by atoms with Crippen molar-refractivity contribution in [2.24, 2.45) is 0 Å². The van der Waals surface area contributed by atoms with Gasteiger partial charge in [0.05, 0.1) is 18.1 Å². The highest BCUT2D eigenvalue weighted by Gasteiger charge is 2.33. The summed E-state index contributed by atoms with van der Waals surface area (Å²) in [5.74, 6) is -0.604. The van der Waals surface area contributed by atoms with Gasteiger partial charge in [-0.15, -0.1) is 0 Å². The molecule has 0 saturated carbocycles. The molecule has 1 aliphatic rings. The maximum Gasteiger partial charge on any atom is 0.318 e. The van der Waals surface area contributed by atoms with Crippen LogP contribution < -0.4 is 0 Å². The van der Waals surface area contributed by atoms with Crippen LogP contribution in [-0.2, 0) is 19.4 Å². The van der Waals surface area contributed by atoms with Crippen molar-refractivity contribution in [1.29, 1.82) is 0 Å². The summed E-state index contributed by atoms with van der Waals surface area (Å²) >= 11 is 0. The Hall–Kier alpha value is -1.44. The van der Waals surface area contributed by atoms with Gasteiger partial charge in [0.15, 0.2) is 15.7 Å². The number of hydrogen-bond acceptors (Lipinski definition) is 7. The van der Waals surface area contributed by atoms with Gasteiger partial charge < -0.3 is 9.26 Å². The predicted octanol–water partition coefficient (Wildman–Crippen LogP) is 0.638. The zero-order chi connectivity index (χ0) is 14.0. The van der Waals surface area contributed by atoms with Gasteiger partial charge in [-0.25, -0.2) is 8.42 Å². The normalized spacial score (nSPS) is 23.2. The Morgan fingerprint density at radius 2 is 2.32 bits per heavy atom. The monoisotopic (exact) mass is 288 g/mol. The lowest BCUT2D eigenvalue weighted by molar-refractivity contribution is -0.145. The molecule has 0 bridgehead atoms. The molecule has 2 atom stereocenters. The van der Waals surface area contributed by atoms with Gasteiger partial charge in [-0.2, -0.15) is 4.98 Å². The second-order valence-electron chi connectivity index (χ2n) is 4.56. The van der Waals surface area contributed by atoms with Gasteiger partial charge in [-0.1, -0.05) is 5.16 Å². The third-order valence-electron chi connectivity index (χ3n) is 3.07. The molecule has 0 spiro atoms. The lowest BCUT2D eigenvalue weighted by Crippen LogP contribution is -2.13. The average molecular weight is 288 g/mol. The van der Waals surface area contributed by atoms with Crippen LogP contribution in [0.1, 0.15) is 43.8 Å². The number of carbonyl (C=O) groups excluding carboxylic acids is 1. The fourth-order valence-corrected chi connectivity index (χ4v) is 3.69. The Bertz CT molecular complexity index is 565. The second kappa shape index (κ2) is 5.28. The maximum atomic E-state index is 11.5. The molecule has 8 heteroatoms. The Balaban J connectivity index is 2.09. The van der Waals surface area contributed by atoms with Crippen molar-refractivity contribution < 1.29 is 22.5 Å². The van der Waals surface area contributed by atoms with E-state index in [2.05, 4.69) is 10.1 Å². The van der Waals surface area contributed by atoms with Crippen molar-refractivity contribution in [1.82, 2.24) is 10.1 Å². The van der Waals surface area contributed by atoms with E-state index in [9.17, 15) is 13.2 Å². The number of esters is 1. The fourth-order valence-electron chi connectivity index (χ4n) is 1.96. The molecule has 2 rings (SSSR count). The quantitative estimate of drug-likeness (QED) is 0.749. The summed E-state index contributed by atoms with van der Waals surface area (Å²) < 4.78 is 32.7. The van der Waals surface area contributed by atoms with E-state index >= 15 is 0 Å². The number of ether oxygens (including phenoxy) is 1. The number of carbonyl (C=O) groups is 1. The maximum absolute atomic E-state index is 11.5. The molecule has 1 aliphatic heterocycles. The van der Waals surface area contributed by atoms with E-state index < -0.39 is 21.7 Å². The SMILES string of the molecule is CCOC(=O)C(C)c1nc(C2CCS(=O)(=O)C2)no1. The van der Waals surface area contributed by atoms with E-state index in [-0.39, 0.29) is 29.9 Å². The first-order valence-electron chi connectivity index (χ1n) is 6.13. The molecule has 7 nitrogen and oxygen atoms in total. The fraction of sp³-hybridized carbons (Fsp3) is 0.727. The van der Waals surface area contributed by atoms with Crippen molar-refractivity contribution in [3.63, 3.8) is 0 Å². The van der Waals surface area contributed by atoms with Crippen molar-refractivity contribution in [3.05, 3.63) is 11.7 Å². The van der Waals surface area contributed by atoms with E-state index in [1.807, 2.05) is 0 Å². The Morgan fingerprint density at radius 1 is 1.58 bits per heavy atom. The molecule has 19 heavy (non-hydrogen) atoms. The van der Waals surface area contributed by atoms with Crippen LogP contribution in [0.3, 0.4) is 0 Å². The summed E-state index contributed by atoms with van der Waals surface area (Å²) in [4.78, 5) is 15.6. The van der Waals surface area contributed by atoms with Crippen LogP contribution in [0.25, 0.3) is 0 Å². The number of rotatable bonds is 4. The molecule has 1 fully saturated rings. The van der Waals surface area contributed by atoms with Crippen LogP contribution >= 0.6 is 0 Å². The van der Waals surface area contributed by atoms with E-state index in [1.165, 1.54) is 0 Å². The number of sulfone groups is 1. The van der Waals surface area contributed by atoms with E-state index in [0.29, 0.717) is 12.2 Å². The van der Waals surface area contributed by atoms with Crippen molar-refractivity contribution in [2.75, 3.05) is 18.1 Å². The summed E-state index contributed by atoms with van der Waals surface area (Å²) in [5.41, 5.74) is 0. The zero-order valence-electron chi connectivity index (χ0n) is 10.8. The van der Waals surface area contributed by atoms with Crippen molar-refractivity contribution in [3.8, 4) is 0 Å². The van der Waals surface area contributed by atoms with Gasteiger partial charge in [0.25, 0.3) is 0 Å². The first-order valence-corrected chi connectivity index (χ1v) is 7.95. The Kier molecular flexibility index (Phi) is 3.88. The molecule has 0 amide bonds. The van der Waals surface area contributed by atoms with Gasteiger partial charge in [0, 0.05) is 5.92 Å². The Labute approximate surface area is 111 Å². The minimum absolute atomic E-state index is 0.0414. The zero-order valence-corrected chi connectivity index (χ0v) is 11.6. The summed E-state index contributed by atoms with van der Waals surface area (Å²) in [6.45, 7) is 3.61. The molecular weight excluding hydrogens is 272 g/mol. The first-order chi connectivity index (χ1) is 8.93. The minimum Gasteiger partial charge on any atom is -0.465 e. The summed E-state index contributed by atoms with van der Waals surface area (Å²) in [6.07, 6.45) is 0.495. The average Bonchev–Trinajstić information content (AvgIpc) is 2.94. The van der Waals surface area contributed by atoms with E-state index in [0.717, 1.165) is 0 Å². The molecule has 0 aromatic carbocycles. The number of aromatic nitrogens is 2. The highest BCUT2D eigenvalue weighted by Crippen LogP contribution is 2.27. The van der Waals surface area contributed by atoms with Crippen molar-refractivity contribution >= 4 is 15.8 Å². The van der Waals surface area contributed by atoms with Crippen LogP contribution in [0, 0.1) is 0 Å². The standard InChI is InChI=1S/C11H16N2O5S/c1-3-17-11(14)7(2)10-12-9(13-18-10)8-4-5-19(15,16)6-8/h7-8H,3-6H2,1-2H3. The largest absolute Gasteiger partial charge is 0.465 e. The van der Waals surface area contributed by atoms with Crippen LogP contribution in [0.2, 0.25) is 0 Å². The lowest BCUT2D eigenvalue weighted by Gasteiger charge is -2.05. The molecule has 1 aromatic rings. The smallest absolute Gasteiger partial charge is 0.318 e. The van der Waals surface area contributed by atoms with Crippen molar-refractivity contribution in [2.45, 2.75) is 32.1 Å². The molecule has 106 valence electrons. The van der Waals surface area contributed by atoms with Gasteiger partial charge in [0.2, 0.25) is 5.89 Å². The molecule has 1 aromatic heterocycles. The van der Waals surface area contributed by atoms with Gasteiger partial charge in [0.1, 0.15) is 5.92 Å². The summed E-state index contributed by atoms with van der Waals surface area (Å²) in [6, 6.07) is 0. The predicted molar refractivity (Wildman–Crippen MR) is 65.4 cm³/mol. The molecule has 2 unspecified atom stereocenters. The molecule has 0 radical (unpaired) electrons. The summed E-state index contributed by atoms with van der Waals surface area (Å²) in [5, 5.41) is 3.77. The van der Waals surface area contributed by atoms with Gasteiger partial charge in [-0.3, -0.25) is 4.79 Å². The van der Waals surface area contributed by atoms with E-state index in [1.54, 1.807) is 13.8 Å². The molecule has 2 heterocycles. The van der Waals surface area contributed by atoms with Crippen LogP contribution in [0.4, 0.5) is 0 Å². The topological polar surface area (TPSA) is 99.4 Å². The molecule has 0 N–H and O–H groups in total. The molecule has 0 aliphatic carbocycles. The number of nitrogens with zero attached hydrogens (tertiary/aromatic N) is 2. The summed E-state index contributed by atoms with van der Waals surface area (Å²) in [7, 11) is -2.99.